The number of aromatic amines is 1. The van der Waals surface area contributed by atoms with Crippen LogP contribution in [0.4, 0.5) is 4.79 Å². The number of H-pyrrole nitrogens is 1. The van der Waals surface area contributed by atoms with Crippen molar-refractivity contribution in [3.63, 3.8) is 0 Å². The minimum atomic E-state index is -0.613. The van der Waals surface area contributed by atoms with E-state index in [1.165, 1.54) is 4.57 Å². The van der Waals surface area contributed by atoms with Gasteiger partial charge in [-0.25, -0.2) is 14.6 Å². The van der Waals surface area contributed by atoms with Gasteiger partial charge in [0.1, 0.15) is 17.4 Å². The van der Waals surface area contributed by atoms with Gasteiger partial charge in [-0.3, -0.25) is 23.6 Å². The molecule has 2 aromatic heterocycles. The molecule has 1 unspecified atom stereocenters. The van der Waals surface area contributed by atoms with E-state index < -0.39 is 23.3 Å². The number of urea groups is 1. The highest BCUT2D eigenvalue weighted by Crippen LogP contribution is 2.13. The molecule has 1 fully saturated rings. The summed E-state index contributed by atoms with van der Waals surface area (Å²) in [6, 6.07) is 8.43. The summed E-state index contributed by atoms with van der Waals surface area (Å²) in [5.74, 6) is 0.273. The number of aromatic nitrogens is 4. The van der Waals surface area contributed by atoms with Crippen molar-refractivity contribution in [2.75, 3.05) is 6.54 Å². The predicted molar refractivity (Wildman–Crippen MR) is 128 cm³/mol. The lowest BCUT2D eigenvalue weighted by molar-refractivity contribution is -0.127. The van der Waals surface area contributed by atoms with E-state index in [9.17, 15) is 19.2 Å². The third kappa shape index (κ3) is 4.66. The van der Waals surface area contributed by atoms with Crippen LogP contribution in [0.25, 0.3) is 11.2 Å². The molecule has 0 bridgehead atoms. The molecule has 10 heteroatoms. The van der Waals surface area contributed by atoms with Gasteiger partial charge < -0.3 is 10.3 Å². The first-order valence-corrected chi connectivity index (χ1v) is 11.8. The van der Waals surface area contributed by atoms with Crippen molar-refractivity contribution in [1.82, 2.24) is 29.3 Å². The maximum absolute atomic E-state index is 13.1. The second-order valence-electron chi connectivity index (χ2n) is 8.65. The number of nitrogens with one attached hydrogen (secondary N) is 2. The molecule has 1 atom stereocenters. The van der Waals surface area contributed by atoms with E-state index in [0.29, 0.717) is 36.4 Å². The van der Waals surface area contributed by atoms with Crippen LogP contribution in [0.15, 0.2) is 39.9 Å². The molecule has 2 N–H and O–H groups in total. The second-order valence-corrected chi connectivity index (χ2v) is 8.65. The average molecular weight is 467 g/mol. The van der Waals surface area contributed by atoms with E-state index in [0.717, 1.165) is 29.7 Å². The number of hydrogen-bond donors (Lipinski definition) is 2. The Morgan fingerprint density at radius 3 is 2.41 bits per heavy atom. The van der Waals surface area contributed by atoms with Crippen molar-refractivity contribution in [2.45, 2.75) is 65.1 Å². The number of fused-ring (bicyclic) bond motifs is 1. The van der Waals surface area contributed by atoms with E-state index in [2.05, 4.69) is 22.2 Å². The largest absolute Gasteiger partial charge is 0.336 e. The molecule has 180 valence electrons. The van der Waals surface area contributed by atoms with Gasteiger partial charge in [-0.2, -0.15) is 0 Å². The number of unbranched alkanes of at least 4 members (excludes halogenated alkanes) is 2. The van der Waals surface area contributed by atoms with E-state index in [1.54, 1.807) is 11.5 Å². The minimum Gasteiger partial charge on any atom is -0.336 e. The summed E-state index contributed by atoms with van der Waals surface area (Å²) in [6.45, 7) is 4.52. The smallest absolute Gasteiger partial charge is 0.332 e. The highest BCUT2D eigenvalue weighted by atomic mass is 16.2. The first-order chi connectivity index (χ1) is 16.4. The highest BCUT2D eigenvalue weighted by Gasteiger charge is 2.37. The summed E-state index contributed by atoms with van der Waals surface area (Å²) in [7, 11) is 0. The maximum atomic E-state index is 13.1. The monoisotopic (exact) mass is 466 g/mol. The third-order valence-electron chi connectivity index (χ3n) is 6.12. The number of aryl methyl sites for hydroxylation is 2. The summed E-state index contributed by atoms with van der Waals surface area (Å²) < 4.78 is 2.71. The topological polar surface area (TPSA) is 122 Å². The molecule has 4 rings (SSSR count). The van der Waals surface area contributed by atoms with Gasteiger partial charge in [0, 0.05) is 26.1 Å². The molecule has 34 heavy (non-hydrogen) atoms. The fourth-order valence-electron chi connectivity index (χ4n) is 4.36. The standard InChI is InChI=1S/C24H30N6O4/c1-3-4-8-12-28-20-19(25-16(2)26-20)22(32)30(24(28)34)14-9-13-29-21(31)18(27-23(29)33)15-17-10-6-5-7-11-17/h5-7,10-11,18H,3-4,8-9,12-15H2,1-2H3,(H,25,26)(H,27,33). The lowest BCUT2D eigenvalue weighted by Gasteiger charge is -2.14. The number of nitrogens with zero attached hydrogens (tertiary/aromatic N) is 4. The summed E-state index contributed by atoms with van der Waals surface area (Å²) >= 11 is 0. The number of imidazole rings is 1. The molecule has 0 radical (unpaired) electrons. The van der Waals surface area contributed by atoms with Crippen LogP contribution in [0.5, 0.6) is 0 Å². The summed E-state index contributed by atoms with van der Waals surface area (Å²) in [6.07, 6.45) is 3.49. The van der Waals surface area contributed by atoms with Crippen molar-refractivity contribution in [3.05, 3.63) is 62.6 Å². The number of carbonyl (C=O) groups is 2. The number of benzene rings is 1. The Bertz CT molecular complexity index is 1310. The molecule has 3 aromatic rings. The van der Waals surface area contributed by atoms with Crippen LogP contribution < -0.4 is 16.6 Å². The lowest BCUT2D eigenvalue weighted by atomic mass is 10.1. The average Bonchev–Trinajstić information content (AvgIpc) is 3.33. The Morgan fingerprint density at radius 2 is 1.68 bits per heavy atom. The molecule has 0 aliphatic carbocycles. The van der Waals surface area contributed by atoms with E-state index in [4.69, 9.17) is 0 Å². The van der Waals surface area contributed by atoms with Crippen molar-refractivity contribution in [3.8, 4) is 0 Å². The van der Waals surface area contributed by atoms with Crippen LogP contribution in [0.1, 0.15) is 44.0 Å². The highest BCUT2D eigenvalue weighted by molar-refractivity contribution is 6.04. The molecular formula is C24H30N6O4. The third-order valence-corrected chi connectivity index (χ3v) is 6.12. The van der Waals surface area contributed by atoms with E-state index in [-0.39, 0.29) is 19.0 Å². The Kier molecular flexibility index (Phi) is 6.95. The number of carbonyl (C=O) groups excluding carboxylic acids is 2. The summed E-state index contributed by atoms with van der Waals surface area (Å²) in [5.41, 5.74) is 0.774. The van der Waals surface area contributed by atoms with Crippen molar-refractivity contribution in [2.24, 2.45) is 0 Å². The van der Waals surface area contributed by atoms with Crippen LogP contribution in [-0.2, 0) is 24.3 Å². The SMILES string of the molecule is CCCCCn1c(=O)n(CCCN2C(=O)NC(Cc3ccccc3)C2=O)c(=O)c2[nH]c(C)nc21. The Balaban J connectivity index is 1.48. The van der Waals surface area contributed by atoms with Gasteiger partial charge in [0.2, 0.25) is 0 Å². The molecule has 1 aliphatic rings. The number of amides is 3. The molecule has 3 heterocycles. The quantitative estimate of drug-likeness (QED) is 0.349. The van der Waals surface area contributed by atoms with Gasteiger partial charge in [0.15, 0.2) is 5.65 Å². The van der Waals surface area contributed by atoms with Crippen molar-refractivity contribution < 1.29 is 9.59 Å². The van der Waals surface area contributed by atoms with Crippen molar-refractivity contribution in [1.29, 1.82) is 0 Å². The zero-order valence-electron chi connectivity index (χ0n) is 19.5. The number of rotatable bonds is 10. The number of hydrogen-bond acceptors (Lipinski definition) is 5. The fraction of sp³-hybridized carbons (Fsp3) is 0.458. The maximum Gasteiger partial charge on any atom is 0.332 e. The minimum absolute atomic E-state index is 0.0971. The number of imide groups is 1. The fourth-order valence-corrected chi connectivity index (χ4v) is 4.36. The molecular weight excluding hydrogens is 436 g/mol. The molecule has 10 nitrogen and oxygen atoms in total. The van der Waals surface area contributed by atoms with Crippen LogP contribution >= 0.6 is 0 Å². The van der Waals surface area contributed by atoms with Crippen LogP contribution in [-0.4, -0.2) is 48.5 Å². The normalized spacial score (nSPS) is 15.9. The Hall–Kier alpha value is -3.69. The Morgan fingerprint density at radius 1 is 0.941 bits per heavy atom. The molecule has 1 aliphatic heterocycles. The first-order valence-electron chi connectivity index (χ1n) is 11.8. The summed E-state index contributed by atoms with van der Waals surface area (Å²) in [4.78, 5) is 59.7. The Labute approximate surface area is 196 Å². The molecule has 1 aromatic carbocycles. The zero-order chi connectivity index (χ0) is 24.2. The lowest BCUT2D eigenvalue weighted by Crippen LogP contribution is -2.41. The van der Waals surface area contributed by atoms with Gasteiger partial charge in [-0.15, -0.1) is 0 Å². The predicted octanol–water partition coefficient (Wildman–Crippen LogP) is 1.94. The molecule has 3 amide bonds. The molecule has 0 saturated carbocycles. The van der Waals surface area contributed by atoms with Gasteiger partial charge in [0.05, 0.1) is 0 Å². The van der Waals surface area contributed by atoms with Gasteiger partial charge in [-0.1, -0.05) is 50.1 Å². The summed E-state index contributed by atoms with van der Waals surface area (Å²) in [5, 5.41) is 2.73. The van der Waals surface area contributed by atoms with Gasteiger partial charge >= 0.3 is 11.7 Å². The molecule has 1 saturated heterocycles. The second kappa shape index (κ2) is 10.1. The van der Waals surface area contributed by atoms with Crippen LogP contribution in [0.3, 0.4) is 0 Å². The van der Waals surface area contributed by atoms with Crippen LogP contribution in [0, 0.1) is 6.92 Å². The van der Waals surface area contributed by atoms with Crippen LogP contribution in [0.2, 0.25) is 0 Å². The van der Waals surface area contributed by atoms with Gasteiger partial charge in [-0.05, 0) is 25.3 Å². The van der Waals surface area contributed by atoms with Gasteiger partial charge in [0.25, 0.3) is 11.5 Å². The zero-order valence-corrected chi connectivity index (χ0v) is 19.5. The van der Waals surface area contributed by atoms with Crippen molar-refractivity contribution >= 4 is 23.1 Å². The molecule has 0 spiro atoms. The first kappa shape index (κ1) is 23.5. The van der Waals surface area contributed by atoms with E-state index in [1.807, 2.05) is 30.3 Å². The van der Waals surface area contributed by atoms with E-state index >= 15 is 0 Å².